The molecular formula is C20H30ClN5O4S2. The molecule has 0 atom stereocenters. The Morgan fingerprint density at radius 2 is 1.91 bits per heavy atom. The van der Waals surface area contributed by atoms with Crippen molar-refractivity contribution in [2.24, 2.45) is 5.92 Å². The van der Waals surface area contributed by atoms with Gasteiger partial charge in [0.15, 0.2) is 5.82 Å². The van der Waals surface area contributed by atoms with E-state index in [1.54, 1.807) is 17.5 Å². The van der Waals surface area contributed by atoms with Gasteiger partial charge in [0.2, 0.25) is 11.8 Å². The van der Waals surface area contributed by atoms with Gasteiger partial charge in [0.25, 0.3) is 10.0 Å². The van der Waals surface area contributed by atoms with Gasteiger partial charge < -0.3 is 9.42 Å². The van der Waals surface area contributed by atoms with Gasteiger partial charge in [-0.3, -0.25) is 9.69 Å². The zero-order valence-corrected chi connectivity index (χ0v) is 20.6. The molecule has 178 valence electrons. The molecule has 0 aliphatic carbocycles. The lowest BCUT2D eigenvalue weighted by atomic mass is 9.99. The second-order valence-electron chi connectivity index (χ2n) is 8.28. The average molecular weight is 504 g/mol. The summed E-state index contributed by atoms with van der Waals surface area (Å²) < 4.78 is 32.5. The number of carbonyl (C=O) groups is 1. The van der Waals surface area contributed by atoms with E-state index in [0.29, 0.717) is 67.4 Å². The van der Waals surface area contributed by atoms with Gasteiger partial charge in [-0.05, 0) is 30.2 Å². The lowest BCUT2D eigenvalue weighted by molar-refractivity contribution is -0.132. The maximum absolute atomic E-state index is 12.6. The number of halogens is 1. The second-order valence-corrected chi connectivity index (χ2v) is 11.4. The predicted octanol–water partition coefficient (Wildman–Crippen LogP) is 2.25. The van der Waals surface area contributed by atoms with Gasteiger partial charge in [-0.1, -0.05) is 18.1 Å². The van der Waals surface area contributed by atoms with Crippen LogP contribution < -0.4 is 0 Å². The summed E-state index contributed by atoms with van der Waals surface area (Å²) in [5.41, 5.74) is 0. The van der Waals surface area contributed by atoms with Crippen LogP contribution in [0.5, 0.6) is 0 Å². The third-order valence-electron chi connectivity index (χ3n) is 5.98. The Morgan fingerprint density at radius 1 is 1.19 bits per heavy atom. The number of hydrogen-bond acceptors (Lipinski definition) is 8. The first-order valence-corrected chi connectivity index (χ1v) is 13.1. The molecule has 0 bridgehead atoms. The summed E-state index contributed by atoms with van der Waals surface area (Å²) in [6.45, 7) is 6.51. The van der Waals surface area contributed by atoms with Gasteiger partial charge in [-0.15, -0.1) is 23.7 Å². The van der Waals surface area contributed by atoms with Crippen LogP contribution in [-0.2, 0) is 27.8 Å². The molecule has 2 fully saturated rings. The topological polar surface area (TPSA) is 99.9 Å². The molecule has 0 radical (unpaired) electrons. The Morgan fingerprint density at radius 3 is 2.56 bits per heavy atom. The van der Waals surface area contributed by atoms with E-state index in [9.17, 15) is 13.2 Å². The van der Waals surface area contributed by atoms with Crippen molar-refractivity contribution in [3.63, 3.8) is 0 Å². The van der Waals surface area contributed by atoms with Crippen LogP contribution in [-0.4, -0.2) is 77.8 Å². The second kappa shape index (κ2) is 11.1. The average Bonchev–Trinajstić information content (AvgIpc) is 3.46. The number of hydrogen-bond donors (Lipinski definition) is 0. The zero-order valence-electron chi connectivity index (χ0n) is 18.2. The molecule has 0 saturated carbocycles. The third-order valence-corrected chi connectivity index (χ3v) is 9.26. The summed E-state index contributed by atoms with van der Waals surface area (Å²) in [4.78, 5) is 20.8. The van der Waals surface area contributed by atoms with E-state index in [0.717, 1.165) is 25.9 Å². The summed E-state index contributed by atoms with van der Waals surface area (Å²) in [6, 6.07) is 3.39. The first-order valence-electron chi connectivity index (χ1n) is 10.8. The first-order chi connectivity index (χ1) is 14.9. The number of likely N-dealkylation sites (tertiary alicyclic amines) is 1. The van der Waals surface area contributed by atoms with E-state index in [1.807, 2.05) is 4.90 Å². The highest BCUT2D eigenvalue weighted by Crippen LogP contribution is 2.22. The van der Waals surface area contributed by atoms with Crippen LogP contribution in [0.1, 0.15) is 37.9 Å². The molecule has 0 unspecified atom stereocenters. The van der Waals surface area contributed by atoms with Crippen molar-refractivity contribution in [1.82, 2.24) is 24.2 Å². The Labute approximate surface area is 199 Å². The van der Waals surface area contributed by atoms with Gasteiger partial charge in [0.1, 0.15) is 4.21 Å². The molecule has 9 nitrogen and oxygen atoms in total. The van der Waals surface area contributed by atoms with Gasteiger partial charge in [-0.25, -0.2) is 8.42 Å². The molecule has 2 aromatic rings. The summed E-state index contributed by atoms with van der Waals surface area (Å²) in [5.74, 6) is 1.89. The minimum atomic E-state index is -3.40. The van der Waals surface area contributed by atoms with Crippen molar-refractivity contribution in [2.45, 2.75) is 43.4 Å². The van der Waals surface area contributed by atoms with Crippen LogP contribution in [0.15, 0.2) is 26.2 Å². The molecule has 2 aromatic heterocycles. The minimum absolute atomic E-state index is 0. The Kier molecular flexibility index (Phi) is 8.68. The highest BCUT2D eigenvalue weighted by molar-refractivity contribution is 7.91. The molecule has 0 N–H and O–H groups in total. The molecule has 2 saturated heterocycles. The summed E-state index contributed by atoms with van der Waals surface area (Å²) in [5, 5.41) is 5.81. The van der Waals surface area contributed by atoms with Crippen molar-refractivity contribution >= 4 is 39.7 Å². The Hall–Kier alpha value is -1.53. The van der Waals surface area contributed by atoms with E-state index in [2.05, 4.69) is 22.0 Å². The number of piperazine rings is 1. The number of carbonyl (C=O) groups excluding carboxylic acids is 1. The van der Waals surface area contributed by atoms with Gasteiger partial charge in [-0.2, -0.15) is 9.29 Å². The number of rotatable bonds is 7. The lowest BCUT2D eigenvalue weighted by Gasteiger charge is -2.32. The van der Waals surface area contributed by atoms with Crippen molar-refractivity contribution in [3.05, 3.63) is 29.2 Å². The van der Waals surface area contributed by atoms with Crippen molar-refractivity contribution in [3.8, 4) is 0 Å². The minimum Gasteiger partial charge on any atom is -0.343 e. The quantitative estimate of drug-likeness (QED) is 0.571. The number of nitrogens with zero attached hydrogens (tertiary/aromatic N) is 5. The number of piperidine rings is 1. The van der Waals surface area contributed by atoms with Crippen LogP contribution in [0, 0.1) is 5.92 Å². The maximum atomic E-state index is 12.6. The fourth-order valence-corrected chi connectivity index (χ4v) is 6.52. The summed E-state index contributed by atoms with van der Waals surface area (Å²) in [6.07, 6.45) is 2.97. The molecule has 0 spiro atoms. The monoisotopic (exact) mass is 503 g/mol. The smallest absolute Gasteiger partial charge is 0.252 e. The van der Waals surface area contributed by atoms with Gasteiger partial charge in [0.05, 0.1) is 6.54 Å². The van der Waals surface area contributed by atoms with Crippen LogP contribution in [0.4, 0.5) is 0 Å². The predicted molar refractivity (Wildman–Crippen MR) is 123 cm³/mol. The zero-order chi connectivity index (χ0) is 21.8. The summed E-state index contributed by atoms with van der Waals surface area (Å²) >= 11 is 1.24. The molecule has 1 amide bonds. The largest absolute Gasteiger partial charge is 0.343 e. The molecule has 12 heteroatoms. The van der Waals surface area contributed by atoms with Crippen LogP contribution in [0.2, 0.25) is 0 Å². The lowest BCUT2D eigenvalue weighted by Crippen LogP contribution is -2.48. The number of thiophene rings is 1. The van der Waals surface area contributed by atoms with E-state index < -0.39 is 10.0 Å². The molecule has 4 rings (SSSR count). The highest BCUT2D eigenvalue weighted by Gasteiger charge is 2.29. The SMILES string of the molecule is CC1CCN(C(=O)CCc2nc(CN3CCN(S(=O)(=O)c4cccs4)CC3)no2)CC1.Cl. The van der Waals surface area contributed by atoms with Crippen LogP contribution in [0.3, 0.4) is 0 Å². The first kappa shape index (κ1) is 25.1. The van der Waals surface area contributed by atoms with Crippen molar-refractivity contribution < 1.29 is 17.7 Å². The maximum Gasteiger partial charge on any atom is 0.252 e. The van der Waals surface area contributed by atoms with E-state index in [4.69, 9.17) is 4.52 Å². The molecule has 2 aliphatic heterocycles. The molecule has 2 aliphatic rings. The fourth-order valence-electron chi connectivity index (χ4n) is 3.95. The normalized spacial score (nSPS) is 19.1. The molecule has 0 aromatic carbocycles. The number of aromatic nitrogens is 2. The van der Waals surface area contributed by atoms with E-state index >= 15 is 0 Å². The Balaban J connectivity index is 0.00000289. The van der Waals surface area contributed by atoms with Crippen LogP contribution >= 0.6 is 23.7 Å². The molecular weight excluding hydrogens is 474 g/mol. The third kappa shape index (κ3) is 6.07. The van der Waals surface area contributed by atoms with Gasteiger partial charge >= 0.3 is 0 Å². The number of amides is 1. The summed E-state index contributed by atoms with van der Waals surface area (Å²) in [7, 11) is -3.40. The number of aryl methyl sites for hydroxylation is 1. The van der Waals surface area contributed by atoms with Crippen molar-refractivity contribution in [1.29, 1.82) is 0 Å². The van der Waals surface area contributed by atoms with E-state index in [1.165, 1.54) is 15.6 Å². The molecule has 4 heterocycles. The molecule has 32 heavy (non-hydrogen) atoms. The number of sulfonamides is 1. The highest BCUT2D eigenvalue weighted by atomic mass is 35.5. The van der Waals surface area contributed by atoms with Crippen molar-refractivity contribution in [2.75, 3.05) is 39.3 Å². The fraction of sp³-hybridized carbons (Fsp3) is 0.650. The van der Waals surface area contributed by atoms with Crippen LogP contribution in [0.25, 0.3) is 0 Å². The standard InChI is InChI=1S/C20H29N5O4S2.ClH/c1-16-6-8-24(9-7-16)19(26)5-4-18-21-17(22-29-18)15-23-10-12-25(13-11-23)31(27,28)20-3-2-14-30-20;/h2-3,14,16H,4-13,15H2,1H3;1H. The van der Waals surface area contributed by atoms with Gasteiger partial charge in [0, 0.05) is 52.1 Å². The Bertz CT molecular complexity index is 966. The van der Waals surface area contributed by atoms with E-state index in [-0.39, 0.29) is 18.3 Å².